The predicted octanol–water partition coefficient (Wildman–Crippen LogP) is 6.07. The minimum atomic E-state index is -3.23. The Balaban J connectivity index is 2.14. The van der Waals surface area contributed by atoms with Crippen molar-refractivity contribution in [2.45, 2.75) is 24.7 Å². The second-order valence-electron chi connectivity index (χ2n) is 8.23. The normalized spacial score (nSPS) is 13.1. The van der Waals surface area contributed by atoms with Gasteiger partial charge >= 0.3 is 0 Å². The van der Waals surface area contributed by atoms with E-state index in [0.29, 0.717) is 27.7 Å². The smallest absolute Gasteiger partial charge is 0.170 e. The van der Waals surface area contributed by atoms with Gasteiger partial charge in [-0.05, 0) is 47.2 Å². The molecule has 174 valence electrons. The van der Waals surface area contributed by atoms with Crippen LogP contribution in [-0.4, -0.2) is 26.6 Å². The summed E-state index contributed by atoms with van der Waals surface area (Å²) in [5.41, 5.74) is 9.08. The van der Waals surface area contributed by atoms with Gasteiger partial charge in [0.25, 0.3) is 0 Å². The average molecular weight is 480 g/mol. The first-order valence-corrected chi connectivity index (χ1v) is 12.4. The monoisotopic (exact) mass is 479 g/mol. The summed E-state index contributed by atoms with van der Waals surface area (Å²) >= 11 is 0. The summed E-state index contributed by atoms with van der Waals surface area (Å²) in [5.74, 6) is -1.02. The Morgan fingerprint density at radius 2 is 1.82 bits per heavy atom. The third-order valence-electron chi connectivity index (χ3n) is 5.46. The summed E-state index contributed by atoms with van der Waals surface area (Å²) in [6.45, 7) is 3.90. The fourth-order valence-corrected chi connectivity index (χ4v) is 5.10. The highest BCUT2D eigenvalue weighted by Gasteiger charge is 2.21. The Hall–Kier alpha value is -3.72. The van der Waals surface area contributed by atoms with E-state index in [9.17, 15) is 13.0 Å². The molecule has 34 heavy (non-hydrogen) atoms. The molecule has 0 fully saturated rings. The van der Waals surface area contributed by atoms with Gasteiger partial charge in [0.15, 0.2) is 11.6 Å². The molecule has 2 aromatic carbocycles. The lowest BCUT2D eigenvalue weighted by Gasteiger charge is -2.18. The average Bonchev–Trinajstić information content (AvgIpc) is 2.79. The van der Waals surface area contributed by atoms with Gasteiger partial charge in [-0.2, -0.15) is 4.36 Å². The first-order valence-electron chi connectivity index (χ1n) is 10.5. The number of nitrogens with zero attached hydrogens (tertiary/aromatic N) is 3. The lowest BCUT2D eigenvalue weighted by atomic mass is 9.91. The highest BCUT2D eigenvalue weighted by Crippen LogP contribution is 2.41. The maximum atomic E-state index is 14.4. The number of pyridine rings is 2. The van der Waals surface area contributed by atoms with Crippen molar-refractivity contribution in [1.29, 1.82) is 5.41 Å². The van der Waals surface area contributed by atoms with Gasteiger partial charge in [0.2, 0.25) is 0 Å². The number of halogens is 2. The van der Waals surface area contributed by atoms with Crippen LogP contribution in [0.1, 0.15) is 31.0 Å². The summed E-state index contributed by atoms with van der Waals surface area (Å²) in [5, 5.41) is 8.91. The molecular weight excluding hydrogens is 456 g/mol. The van der Waals surface area contributed by atoms with E-state index in [4.69, 9.17) is 16.1 Å². The van der Waals surface area contributed by atoms with Gasteiger partial charge in [-0.1, -0.05) is 26.0 Å². The third-order valence-corrected chi connectivity index (χ3v) is 7.12. The Bertz CT molecular complexity index is 1540. The van der Waals surface area contributed by atoms with Crippen molar-refractivity contribution in [2.75, 3.05) is 12.0 Å². The molecule has 3 N–H and O–H groups in total. The fraction of sp³-hybridized carbons (Fsp3) is 0.160. The third kappa shape index (κ3) is 4.26. The maximum absolute atomic E-state index is 14.4. The number of nitrogens with two attached hydrogens (primary N) is 1. The van der Waals surface area contributed by atoms with Gasteiger partial charge in [0, 0.05) is 40.9 Å². The van der Waals surface area contributed by atoms with Crippen LogP contribution < -0.4 is 5.73 Å². The van der Waals surface area contributed by atoms with Crippen LogP contribution in [-0.2, 0) is 9.73 Å². The lowest BCUT2D eigenvalue weighted by molar-refractivity contribution is 0.588. The first-order chi connectivity index (χ1) is 16.1. The number of aromatic nitrogens is 2. The van der Waals surface area contributed by atoms with Crippen molar-refractivity contribution in [3.8, 4) is 11.1 Å². The van der Waals surface area contributed by atoms with Gasteiger partial charge in [0.05, 0.1) is 26.5 Å². The fourth-order valence-electron chi connectivity index (χ4n) is 3.81. The topological polar surface area (TPSA) is 105 Å². The highest BCUT2D eigenvalue weighted by atomic mass is 32.2. The Morgan fingerprint density at radius 1 is 1.12 bits per heavy atom. The van der Waals surface area contributed by atoms with Crippen LogP contribution in [0.25, 0.3) is 21.9 Å². The van der Waals surface area contributed by atoms with E-state index in [0.717, 1.165) is 23.5 Å². The van der Waals surface area contributed by atoms with Crippen LogP contribution in [0, 0.1) is 17.0 Å². The zero-order chi connectivity index (χ0) is 24.6. The van der Waals surface area contributed by atoms with E-state index in [2.05, 4.69) is 9.35 Å². The van der Waals surface area contributed by atoms with Crippen LogP contribution in [0.2, 0.25) is 0 Å². The number of nitrogen functional groups attached to an aromatic ring is 1. The van der Waals surface area contributed by atoms with Crippen LogP contribution in [0.3, 0.4) is 0 Å². The quantitative estimate of drug-likeness (QED) is 0.268. The molecule has 4 rings (SSSR count). The summed E-state index contributed by atoms with van der Waals surface area (Å²) in [6, 6.07) is 10.7. The molecule has 0 radical (unpaired) electrons. The van der Waals surface area contributed by atoms with Crippen molar-refractivity contribution in [2.24, 2.45) is 4.36 Å². The molecule has 0 aliphatic rings. The number of fused-ring (bicyclic) bond motifs is 1. The van der Waals surface area contributed by atoms with Crippen molar-refractivity contribution in [1.82, 2.24) is 9.97 Å². The standard InChI is InChI=1S/C25H23F2N5OS/c1-14(2)24-23(15-4-6-17(26)7-5-15)18-10-16(12-28)21(29)11-19(18)25(31-24)32-34(3,33)22-8-9-30-13-20(22)27/h4-14,28H,29H2,1-3H3. The van der Waals surface area contributed by atoms with Crippen LogP contribution >= 0.6 is 0 Å². The second-order valence-corrected chi connectivity index (χ2v) is 10.5. The van der Waals surface area contributed by atoms with Gasteiger partial charge in [-0.25, -0.2) is 18.0 Å². The summed E-state index contributed by atoms with van der Waals surface area (Å²) < 4.78 is 46.0. The number of benzene rings is 2. The van der Waals surface area contributed by atoms with E-state index < -0.39 is 15.5 Å². The SMILES string of the molecule is CC(C)c1nc(N=S(C)(=O)c2ccncc2F)c2cc(N)c(C=N)cc2c1-c1ccc(F)cc1. The van der Waals surface area contributed by atoms with Crippen molar-refractivity contribution < 1.29 is 13.0 Å². The molecule has 1 unspecified atom stereocenters. The number of hydrogen-bond donors (Lipinski definition) is 2. The van der Waals surface area contributed by atoms with Crippen LogP contribution in [0.4, 0.5) is 20.3 Å². The molecule has 0 saturated carbocycles. The molecule has 9 heteroatoms. The maximum Gasteiger partial charge on any atom is 0.170 e. The lowest BCUT2D eigenvalue weighted by Crippen LogP contribution is -2.04. The summed E-state index contributed by atoms with van der Waals surface area (Å²) in [4.78, 5) is 8.38. The van der Waals surface area contributed by atoms with Crippen molar-refractivity contribution in [3.05, 3.63) is 77.8 Å². The summed E-state index contributed by atoms with van der Waals surface area (Å²) in [7, 11) is -3.23. The number of hydrogen-bond acceptors (Lipinski definition) is 6. The molecule has 0 amide bonds. The predicted molar refractivity (Wildman–Crippen MR) is 132 cm³/mol. The van der Waals surface area contributed by atoms with E-state index in [-0.39, 0.29) is 22.4 Å². The van der Waals surface area contributed by atoms with Crippen molar-refractivity contribution in [3.63, 3.8) is 0 Å². The van der Waals surface area contributed by atoms with Gasteiger partial charge < -0.3 is 11.1 Å². The molecule has 6 nitrogen and oxygen atoms in total. The number of nitrogens with one attached hydrogen (secondary N) is 1. The van der Waals surface area contributed by atoms with Gasteiger partial charge in [0.1, 0.15) is 5.82 Å². The molecule has 2 heterocycles. The first kappa shape index (κ1) is 23.4. The molecule has 0 bridgehead atoms. The molecule has 2 aromatic heterocycles. The van der Waals surface area contributed by atoms with Gasteiger partial charge in [-0.3, -0.25) is 4.98 Å². The van der Waals surface area contributed by atoms with E-state index >= 15 is 0 Å². The molecule has 4 aromatic rings. The minimum Gasteiger partial charge on any atom is -0.398 e. The van der Waals surface area contributed by atoms with E-state index in [1.807, 2.05) is 13.8 Å². The molecule has 0 aliphatic carbocycles. The van der Waals surface area contributed by atoms with Crippen LogP contribution in [0.15, 0.2) is 64.1 Å². The summed E-state index contributed by atoms with van der Waals surface area (Å²) in [6.07, 6.45) is 4.83. The molecular formula is C25H23F2N5OS. The number of anilines is 1. The molecule has 0 aliphatic heterocycles. The molecule has 0 spiro atoms. The second kappa shape index (κ2) is 8.90. The van der Waals surface area contributed by atoms with Crippen LogP contribution in [0.5, 0.6) is 0 Å². The zero-order valence-corrected chi connectivity index (χ0v) is 19.7. The number of rotatable bonds is 5. The van der Waals surface area contributed by atoms with Crippen molar-refractivity contribution >= 4 is 38.2 Å². The van der Waals surface area contributed by atoms with Gasteiger partial charge in [-0.15, -0.1) is 0 Å². The molecule has 1 atom stereocenters. The Morgan fingerprint density at radius 3 is 2.44 bits per heavy atom. The van der Waals surface area contributed by atoms with E-state index in [1.165, 1.54) is 30.7 Å². The molecule has 0 saturated heterocycles. The zero-order valence-electron chi connectivity index (χ0n) is 18.8. The minimum absolute atomic E-state index is 0.0739. The largest absolute Gasteiger partial charge is 0.398 e. The highest BCUT2D eigenvalue weighted by molar-refractivity contribution is 7.93. The Labute approximate surface area is 196 Å². The van der Waals surface area contributed by atoms with E-state index in [1.54, 1.807) is 24.3 Å². The Kier molecular flexibility index (Phi) is 6.14.